The van der Waals surface area contributed by atoms with Crippen LogP contribution in [-0.2, 0) is 6.54 Å². The summed E-state index contributed by atoms with van der Waals surface area (Å²) in [6, 6.07) is 3.97. The third-order valence-corrected chi connectivity index (χ3v) is 2.32. The van der Waals surface area contributed by atoms with Gasteiger partial charge >= 0.3 is 0 Å². The molecule has 0 aliphatic rings. The van der Waals surface area contributed by atoms with Crippen molar-refractivity contribution in [3.8, 4) is 0 Å². The molecule has 0 amide bonds. The maximum Gasteiger partial charge on any atom is 0.126 e. The molecule has 1 N–H and O–H groups in total. The minimum Gasteiger partial charge on any atom is -0.364 e. The molecule has 0 unspecified atom stereocenters. The second kappa shape index (κ2) is 4.15. The summed E-state index contributed by atoms with van der Waals surface area (Å²) < 4.78 is 3.78. The van der Waals surface area contributed by atoms with Crippen LogP contribution in [0.3, 0.4) is 0 Å². The van der Waals surface area contributed by atoms with E-state index in [0.29, 0.717) is 6.54 Å². The Kier molecular flexibility index (Phi) is 2.69. The van der Waals surface area contributed by atoms with E-state index in [0.717, 1.165) is 11.5 Å². The average molecular weight is 206 g/mol. The Hall–Kier alpha value is -1.49. The summed E-state index contributed by atoms with van der Waals surface area (Å²) in [6.45, 7) is 2.71. The highest BCUT2D eigenvalue weighted by molar-refractivity contribution is 7.03. The maximum absolute atomic E-state index is 4.18. The molecule has 4 nitrogen and oxygen atoms in total. The third kappa shape index (κ3) is 2.26. The number of anilines is 1. The molecular weight excluding hydrogens is 196 g/mol. The first-order chi connectivity index (χ1) is 6.84. The van der Waals surface area contributed by atoms with Crippen molar-refractivity contribution in [3.05, 3.63) is 35.0 Å². The van der Waals surface area contributed by atoms with Gasteiger partial charge in [-0.2, -0.15) is 0 Å². The van der Waals surface area contributed by atoms with Crippen molar-refractivity contribution < 1.29 is 0 Å². The average Bonchev–Trinajstić information content (AvgIpc) is 2.67. The Morgan fingerprint density at radius 1 is 1.50 bits per heavy atom. The zero-order chi connectivity index (χ0) is 9.80. The smallest absolute Gasteiger partial charge is 0.126 e. The first kappa shape index (κ1) is 9.08. The molecule has 5 heteroatoms. The van der Waals surface area contributed by atoms with E-state index >= 15 is 0 Å². The van der Waals surface area contributed by atoms with Gasteiger partial charge in [0.2, 0.25) is 0 Å². The molecule has 0 saturated heterocycles. The van der Waals surface area contributed by atoms with Crippen LogP contribution in [0, 0.1) is 6.92 Å². The molecule has 2 aromatic heterocycles. The molecule has 0 atom stereocenters. The van der Waals surface area contributed by atoms with Crippen molar-refractivity contribution in [2.45, 2.75) is 13.5 Å². The maximum atomic E-state index is 4.18. The molecule has 2 rings (SSSR count). The van der Waals surface area contributed by atoms with Gasteiger partial charge in [-0.1, -0.05) is 4.49 Å². The summed E-state index contributed by atoms with van der Waals surface area (Å²) in [6.07, 6.45) is 1.79. The molecular formula is C9H10N4S. The summed E-state index contributed by atoms with van der Waals surface area (Å²) in [5, 5.41) is 9.03. The van der Waals surface area contributed by atoms with Crippen LogP contribution in [0.25, 0.3) is 0 Å². The van der Waals surface area contributed by atoms with E-state index in [4.69, 9.17) is 0 Å². The molecule has 0 radical (unpaired) electrons. The van der Waals surface area contributed by atoms with Crippen molar-refractivity contribution in [1.82, 2.24) is 14.6 Å². The van der Waals surface area contributed by atoms with E-state index in [1.807, 2.05) is 24.4 Å². The topological polar surface area (TPSA) is 50.7 Å². The second-order valence-corrected chi connectivity index (χ2v) is 3.58. The zero-order valence-electron chi connectivity index (χ0n) is 7.77. The standard InChI is InChI=1S/C9H10N4S/c1-7-2-3-10-9(4-7)11-5-8-6-14-13-12-8/h2-4,6H,5H2,1H3,(H,10,11). The van der Waals surface area contributed by atoms with Crippen LogP contribution in [0.5, 0.6) is 0 Å². The molecule has 0 bridgehead atoms. The molecule has 0 aliphatic carbocycles. The summed E-state index contributed by atoms with van der Waals surface area (Å²) in [5.41, 5.74) is 2.14. The molecule has 0 saturated carbocycles. The van der Waals surface area contributed by atoms with E-state index in [1.54, 1.807) is 6.20 Å². The summed E-state index contributed by atoms with van der Waals surface area (Å²) in [7, 11) is 0. The number of hydrogen-bond acceptors (Lipinski definition) is 5. The highest BCUT2D eigenvalue weighted by atomic mass is 32.1. The van der Waals surface area contributed by atoms with Gasteiger partial charge in [0.05, 0.1) is 12.2 Å². The number of nitrogens with zero attached hydrogens (tertiary/aromatic N) is 3. The Morgan fingerprint density at radius 2 is 2.43 bits per heavy atom. The van der Waals surface area contributed by atoms with Crippen molar-refractivity contribution in [1.29, 1.82) is 0 Å². The first-order valence-electron chi connectivity index (χ1n) is 4.27. The largest absolute Gasteiger partial charge is 0.364 e. The first-order valence-corrected chi connectivity index (χ1v) is 5.11. The van der Waals surface area contributed by atoms with Gasteiger partial charge in [-0.25, -0.2) is 4.98 Å². The fourth-order valence-corrected chi connectivity index (χ4v) is 1.53. The van der Waals surface area contributed by atoms with Gasteiger partial charge in [0.1, 0.15) is 5.82 Å². The van der Waals surface area contributed by atoms with Crippen molar-refractivity contribution in [3.63, 3.8) is 0 Å². The number of rotatable bonds is 3. The SMILES string of the molecule is Cc1ccnc(NCc2csnn2)c1. The van der Waals surface area contributed by atoms with E-state index in [-0.39, 0.29) is 0 Å². The quantitative estimate of drug-likeness (QED) is 0.832. The molecule has 2 heterocycles. The van der Waals surface area contributed by atoms with Crippen molar-refractivity contribution >= 4 is 17.4 Å². The Bertz CT molecular complexity index is 399. The number of aromatic nitrogens is 3. The Balaban J connectivity index is 1.98. The number of nitrogens with one attached hydrogen (secondary N) is 1. The minimum atomic E-state index is 0.674. The molecule has 14 heavy (non-hydrogen) atoms. The fraction of sp³-hybridized carbons (Fsp3) is 0.222. The lowest BCUT2D eigenvalue weighted by molar-refractivity contribution is 0.988. The summed E-state index contributed by atoms with van der Waals surface area (Å²) in [4.78, 5) is 4.18. The summed E-state index contributed by atoms with van der Waals surface area (Å²) in [5.74, 6) is 0.873. The molecule has 0 spiro atoms. The molecule has 72 valence electrons. The normalized spacial score (nSPS) is 10.1. The highest BCUT2D eigenvalue weighted by Gasteiger charge is 1.97. The van der Waals surface area contributed by atoms with Gasteiger partial charge < -0.3 is 5.32 Å². The Labute approximate surface area is 86.2 Å². The van der Waals surface area contributed by atoms with Crippen LogP contribution in [-0.4, -0.2) is 14.6 Å². The minimum absolute atomic E-state index is 0.674. The molecule has 0 aromatic carbocycles. The van der Waals surface area contributed by atoms with Gasteiger partial charge in [0.25, 0.3) is 0 Å². The summed E-state index contributed by atoms with van der Waals surface area (Å²) >= 11 is 1.36. The van der Waals surface area contributed by atoms with Crippen LogP contribution in [0.1, 0.15) is 11.3 Å². The van der Waals surface area contributed by atoms with E-state index in [2.05, 4.69) is 19.9 Å². The van der Waals surface area contributed by atoms with Crippen LogP contribution in [0.15, 0.2) is 23.7 Å². The van der Waals surface area contributed by atoms with Crippen LogP contribution in [0.2, 0.25) is 0 Å². The van der Waals surface area contributed by atoms with Crippen LogP contribution >= 0.6 is 11.5 Å². The predicted molar refractivity (Wildman–Crippen MR) is 56.2 cm³/mol. The van der Waals surface area contributed by atoms with Gasteiger partial charge in [0.15, 0.2) is 0 Å². The number of hydrogen-bond donors (Lipinski definition) is 1. The van der Waals surface area contributed by atoms with Gasteiger partial charge in [-0.05, 0) is 36.2 Å². The van der Waals surface area contributed by atoms with Crippen LogP contribution < -0.4 is 5.32 Å². The second-order valence-electron chi connectivity index (χ2n) is 2.97. The third-order valence-electron chi connectivity index (χ3n) is 1.77. The lowest BCUT2D eigenvalue weighted by Crippen LogP contribution is -2.01. The highest BCUT2D eigenvalue weighted by Crippen LogP contribution is 2.07. The van der Waals surface area contributed by atoms with Gasteiger partial charge in [0, 0.05) is 11.6 Å². The van der Waals surface area contributed by atoms with E-state index in [1.165, 1.54) is 17.1 Å². The van der Waals surface area contributed by atoms with Gasteiger partial charge in [-0.15, -0.1) is 5.10 Å². The fourth-order valence-electron chi connectivity index (χ4n) is 1.07. The van der Waals surface area contributed by atoms with E-state index < -0.39 is 0 Å². The predicted octanol–water partition coefficient (Wildman–Crippen LogP) is 1.85. The van der Waals surface area contributed by atoms with E-state index in [9.17, 15) is 0 Å². The zero-order valence-corrected chi connectivity index (χ0v) is 8.58. The number of aryl methyl sites for hydroxylation is 1. The van der Waals surface area contributed by atoms with Crippen LogP contribution in [0.4, 0.5) is 5.82 Å². The monoisotopic (exact) mass is 206 g/mol. The molecule has 0 aliphatic heterocycles. The number of pyridine rings is 1. The van der Waals surface area contributed by atoms with Crippen molar-refractivity contribution in [2.24, 2.45) is 0 Å². The molecule has 0 fully saturated rings. The Morgan fingerprint density at radius 3 is 3.14 bits per heavy atom. The lowest BCUT2D eigenvalue weighted by atomic mass is 10.3. The lowest BCUT2D eigenvalue weighted by Gasteiger charge is -2.02. The van der Waals surface area contributed by atoms with Gasteiger partial charge in [-0.3, -0.25) is 0 Å². The molecule has 2 aromatic rings. The van der Waals surface area contributed by atoms with Crippen molar-refractivity contribution in [2.75, 3.05) is 5.32 Å².